The van der Waals surface area contributed by atoms with E-state index in [1.54, 1.807) is 84.9 Å². The molecular formula is C27H24ClN4O7P. The van der Waals surface area contributed by atoms with Gasteiger partial charge in [0.2, 0.25) is 11.8 Å². The lowest BCUT2D eigenvalue weighted by Gasteiger charge is -2.28. The molecule has 1 aromatic heterocycles. The maximum atomic E-state index is 14.5. The number of aromatic nitrogens is 2. The molecule has 0 fully saturated rings. The third-order valence-corrected chi connectivity index (χ3v) is 7.65. The first-order valence-corrected chi connectivity index (χ1v) is 13.9. The van der Waals surface area contributed by atoms with E-state index in [9.17, 15) is 23.7 Å². The number of carbonyl (C=O) groups excluding carboxylic acids is 2. The van der Waals surface area contributed by atoms with Gasteiger partial charge in [-0.05, 0) is 42.0 Å². The molecule has 0 saturated heterocycles. The summed E-state index contributed by atoms with van der Waals surface area (Å²) in [6.07, 6.45) is 1.16. The maximum Gasteiger partial charge on any atom is 0.457 e. The van der Waals surface area contributed by atoms with Crippen molar-refractivity contribution in [2.45, 2.75) is 12.3 Å². The highest BCUT2D eigenvalue weighted by molar-refractivity contribution is 7.55. The molecule has 0 spiro atoms. The highest BCUT2D eigenvalue weighted by atomic mass is 35.5. The van der Waals surface area contributed by atoms with Crippen molar-refractivity contribution in [1.82, 2.24) is 20.2 Å². The molecule has 1 heterocycles. The molecule has 0 radical (unpaired) electrons. The Morgan fingerprint density at radius 2 is 1.43 bits per heavy atom. The number of carbonyl (C=O) groups is 2. The van der Waals surface area contributed by atoms with Crippen molar-refractivity contribution in [2.75, 3.05) is 6.54 Å². The molecule has 206 valence electrons. The van der Waals surface area contributed by atoms with E-state index >= 15 is 0 Å². The van der Waals surface area contributed by atoms with Crippen LogP contribution in [0.1, 0.15) is 11.3 Å². The van der Waals surface area contributed by atoms with Gasteiger partial charge in [0.1, 0.15) is 18.0 Å². The van der Waals surface area contributed by atoms with Gasteiger partial charge in [-0.3, -0.25) is 23.9 Å². The number of halogens is 1. The van der Waals surface area contributed by atoms with Crippen molar-refractivity contribution in [3.8, 4) is 11.5 Å². The van der Waals surface area contributed by atoms with Gasteiger partial charge in [-0.15, -0.1) is 0 Å². The minimum absolute atomic E-state index is 0.245. The molecule has 1 unspecified atom stereocenters. The molecule has 13 heteroatoms. The molecule has 3 N–H and O–H groups in total. The fourth-order valence-corrected chi connectivity index (χ4v) is 5.58. The SMILES string of the molecule is O=C(Cn1ccc(=O)[nH]c1=O)NCC(=O)NC(c1ccc(Cl)cc1)P(=O)(Oc1ccccc1)Oc1ccccc1. The van der Waals surface area contributed by atoms with E-state index in [1.165, 1.54) is 0 Å². The largest absolute Gasteiger partial charge is 0.457 e. The van der Waals surface area contributed by atoms with Gasteiger partial charge in [0.05, 0.1) is 6.54 Å². The topological polar surface area (TPSA) is 149 Å². The standard InChI is InChI=1S/C27H24ClN4O7P/c28-20-13-11-19(12-14-20)26(30-24(34)17-29-25(35)18-32-16-15-23(33)31-27(32)36)40(37,38-21-7-3-1-4-8-21)39-22-9-5-2-6-10-22/h1-16,26H,17-18H2,(H,29,35)(H,30,34)(H,31,33,36). The van der Waals surface area contributed by atoms with Gasteiger partial charge >= 0.3 is 13.3 Å². The molecule has 0 bridgehead atoms. The van der Waals surface area contributed by atoms with Crippen LogP contribution in [0, 0.1) is 0 Å². The Morgan fingerprint density at radius 3 is 1.98 bits per heavy atom. The predicted molar refractivity (Wildman–Crippen MR) is 148 cm³/mol. The normalized spacial score (nSPS) is 11.7. The fourth-order valence-electron chi connectivity index (χ4n) is 3.53. The number of nitrogens with zero attached hydrogens (tertiary/aromatic N) is 1. The lowest BCUT2D eigenvalue weighted by atomic mass is 10.2. The molecule has 0 aliphatic carbocycles. The molecule has 2 amide bonds. The summed E-state index contributed by atoms with van der Waals surface area (Å²) in [6.45, 7) is -0.950. The van der Waals surface area contributed by atoms with Crippen molar-refractivity contribution < 1.29 is 23.2 Å². The Labute approximate surface area is 233 Å². The second-order valence-electron chi connectivity index (χ2n) is 8.38. The van der Waals surface area contributed by atoms with Crippen LogP contribution in [-0.4, -0.2) is 27.9 Å². The number of hydrogen-bond donors (Lipinski definition) is 3. The number of hydrogen-bond acceptors (Lipinski definition) is 7. The molecule has 11 nitrogen and oxygen atoms in total. The summed E-state index contributed by atoms with van der Waals surface area (Å²) in [4.78, 5) is 50.5. The monoisotopic (exact) mass is 582 g/mol. The average Bonchev–Trinajstić information content (AvgIpc) is 2.94. The molecule has 0 aliphatic heterocycles. The third-order valence-electron chi connectivity index (χ3n) is 5.41. The van der Waals surface area contributed by atoms with Gasteiger partial charge in [0, 0.05) is 17.3 Å². The maximum absolute atomic E-state index is 14.5. The van der Waals surface area contributed by atoms with E-state index < -0.39 is 49.5 Å². The summed E-state index contributed by atoms with van der Waals surface area (Å²) >= 11 is 6.06. The lowest BCUT2D eigenvalue weighted by molar-refractivity contribution is -0.126. The second-order valence-corrected chi connectivity index (χ2v) is 10.8. The van der Waals surface area contributed by atoms with Crippen molar-refractivity contribution in [1.29, 1.82) is 0 Å². The first kappa shape index (κ1) is 28.4. The van der Waals surface area contributed by atoms with Gasteiger partial charge in [-0.2, -0.15) is 0 Å². The van der Waals surface area contributed by atoms with Crippen LogP contribution in [-0.2, 0) is 20.7 Å². The average molecular weight is 583 g/mol. The van der Waals surface area contributed by atoms with Crippen LogP contribution in [0.3, 0.4) is 0 Å². The van der Waals surface area contributed by atoms with Crippen LogP contribution in [0.5, 0.6) is 11.5 Å². The Hall–Kier alpha value is -4.60. The Kier molecular flexibility index (Phi) is 9.21. The van der Waals surface area contributed by atoms with Gasteiger partial charge in [0.25, 0.3) is 5.56 Å². The number of amides is 2. The number of benzene rings is 3. The molecule has 4 aromatic rings. The molecule has 0 saturated carbocycles. The van der Waals surface area contributed by atoms with Crippen molar-refractivity contribution >= 4 is 31.0 Å². The number of rotatable bonds is 11. The summed E-state index contributed by atoms with van der Waals surface area (Å²) in [5, 5.41) is 5.46. The van der Waals surface area contributed by atoms with Crippen molar-refractivity contribution in [3.63, 3.8) is 0 Å². The van der Waals surface area contributed by atoms with Crippen LogP contribution in [0.2, 0.25) is 5.02 Å². The highest BCUT2D eigenvalue weighted by Crippen LogP contribution is 2.59. The van der Waals surface area contributed by atoms with Crippen LogP contribution in [0.15, 0.2) is 107 Å². The van der Waals surface area contributed by atoms with E-state index in [-0.39, 0.29) is 11.5 Å². The lowest BCUT2D eigenvalue weighted by Crippen LogP contribution is -2.41. The number of nitrogens with one attached hydrogen (secondary N) is 3. The minimum atomic E-state index is -4.24. The molecular weight excluding hydrogens is 559 g/mol. The Bertz CT molecular complexity index is 1580. The van der Waals surface area contributed by atoms with Crippen LogP contribution < -0.4 is 30.9 Å². The molecule has 1 atom stereocenters. The Morgan fingerprint density at radius 1 is 0.850 bits per heavy atom. The van der Waals surface area contributed by atoms with Gasteiger partial charge in [0.15, 0.2) is 5.78 Å². The van der Waals surface area contributed by atoms with E-state index in [1.807, 2.05) is 4.98 Å². The predicted octanol–water partition coefficient (Wildman–Crippen LogP) is 3.47. The third kappa shape index (κ3) is 7.72. The summed E-state index contributed by atoms with van der Waals surface area (Å²) < 4.78 is 27.3. The smallest absolute Gasteiger partial charge is 0.414 e. The summed E-state index contributed by atoms with van der Waals surface area (Å²) in [5.74, 6) is -2.20. The first-order chi connectivity index (χ1) is 19.2. The van der Waals surface area contributed by atoms with Crippen LogP contribution in [0.4, 0.5) is 0 Å². The van der Waals surface area contributed by atoms with Crippen molar-refractivity contribution in [3.05, 3.63) is 129 Å². The molecule has 0 aliphatic rings. The van der Waals surface area contributed by atoms with Crippen LogP contribution >= 0.6 is 19.2 Å². The van der Waals surface area contributed by atoms with Gasteiger partial charge in [-0.25, -0.2) is 9.36 Å². The second kappa shape index (κ2) is 13.0. The molecule has 4 rings (SSSR count). The van der Waals surface area contributed by atoms with Crippen LogP contribution in [0.25, 0.3) is 0 Å². The van der Waals surface area contributed by atoms with E-state index in [0.717, 1.165) is 16.8 Å². The zero-order valence-electron chi connectivity index (χ0n) is 20.9. The van der Waals surface area contributed by atoms with E-state index in [4.69, 9.17) is 20.6 Å². The van der Waals surface area contributed by atoms with E-state index in [2.05, 4.69) is 10.6 Å². The Balaban J connectivity index is 1.58. The summed E-state index contributed by atoms with van der Waals surface area (Å²) in [6, 6.07) is 24.1. The summed E-state index contributed by atoms with van der Waals surface area (Å²) in [7, 11) is -4.24. The number of aromatic amines is 1. The van der Waals surface area contributed by atoms with Gasteiger partial charge in [-0.1, -0.05) is 60.1 Å². The number of H-pyrrole nitrogens is 1. The summed E-state index contributed by atoms with van der Waals surface area (Å²) in [5.41, 5.74) is -1.000. The minimum Gasteiger partial charge on any atom is -0.414 e. The zero-order valence-corrected chi connectivity index (χ0v) is 22.5. The highest BCUT2D eigenvalue weighted by Gasteiger charge is 2.42. The first-order valence-electron chi connectivity index (χ1n) is 11.9. The van der Waals surface area contributed by atoms with E-state index in [0.29, 0.717) is 10.6 Å². The molecule has 40 heavy (non-hydrogen) atoms. The number of para-hydroxylation sites is 2. The van der Waals surface area contributed by atoms with Gasteiger partial charge < -0.3 is 19.7 Å². The quantitative estimate of drug-likeness (QED) is 0.229. The van der Waals surface area contributed by atoms with Crippen molar-refractivity contribution in [2.24, 2.45) is 0 Å². The zero-order chi connectivity index (χ0) is 28.5. The molecule has 3 aromatic carbocycles. The fraction of sp³-hybridized carbons (Fsp3) is 0.111.